The van der Waals surface area contributed by atoms with Gasteiger partial charge in [0.2, 0.25) is 0 Å². The van der Waals surface area contributed by atoms with Gasteiger partial charge < -0.3 is 4.74 Å². The highest BCUT2D eigenvalue weighted by atomic mass is 16.5. The molecule has 23 heavy (non-hydrogen) atoms. The van der Waals surface area contributed by atoms with Crippen molar-refractivity contribution in [3.8, 4) is 5.75 Å². The van der Waals surface area contributed by atoms with E-state index in [2.05, 4.69) is 36.3 Å². The number of aromatic nitrogens is 1. The summed E-state index contributed by atoms with van der Waals surface area (Å²) in [5.41, 5.74) is 4.54. The van der Waals surface area contributed by atoms with Crippen LogP contribution in [-0.4, -0.2) is 23.7 Å². The highest BCUT2D eigenvalue weighted by Gasteiger charge is 2.13. The predicted molar refractivity (Wildman–Crippen MR) is 90.6 cm³/mol. The molecule has 2 aromatic rings. The van der Waals surface area contributed by atoms with Gasteiger partial charge in [0.1, 0.15) is 5.75 Å². The maximum absolute atomic E-state index is 11.7. The summed E-state index contributed by atoms with van der Waals surface area (Å²) in [7, 11) is 0. The molecule has 0 unspecified atom stereocenters. The summed E-state index contributed by atoms with van der Waals surface area (Å²) in [6.07, 6.45) is 4.86. The molecule has 0 saturated carbocycles. The third kappa shape index (κ3) is 5.54. The Kier molecular flexibility index (Phi) is 5.46. The second-order valence-corrected chi connectivity index (χ2v) is 6.14. The topological polar surface area (TPSA) is 63.6 Å². The summed E-state index contributed by atoms with van der Waals surface area (Å²) in [5, 5.41) is 3.86. The van der Waals surface area contributed by atoms with Crippen molar-refractivity contribution in [2.45, 2.75) is 26.2 Å². The molecule has 0 aliphatic heterocycles. The molecule has 1 heterocycles. The van der Waals surface area contributed by atoms with Gasteiger partial charge in [-0.05, 0) is 29.2 Å². The quantitative estimate of drug-likeness (QED) is 0.682. The van der Waals surface area contributed by atoms with Crippen molar-refractivity contribution in [3.05, 3.63) is 59.9 Å². The molecule has 0 aliphatic rings. The number of benzene rings is 1. The van der Waals surface area contributed by atoms with E-state index in [1.165, 1.54) is 11.8 Å². The smallest absolute Gasteiger partial charge is 0.277 e. The van der Waals surface area contributed by atoms with Gasteiger partial charge in [0.15, 0.2) is 6.61 Å². The van der Waals surface area contributed by atoms with Crippen molar-refractivity contribution in [3.63, 3.8) is 0 Å². The molecular weight excluding hydrogens is 290 g/mol. The average molecular weight is 311 g/mol. The van der Waals surface area contributed by atoms with E-state index in [4.69, 9.17) is 4.74 Å². The van der Waals surface area contributed by atoms with E-state index in [9.17, 15) is 4.79 Å². The third-order valence-electron chi connectivity index (χ3n) is 3.18. The molecule has 1 aromatic carbocycles. The Hall–Kier alpha value is -2.69. The summed E-state index contributed by atoms with van der Waals surface area (Å²) < 4.78 is 5.44. The minimum atomic E-state index is -0.315. The van der Waals surface area contributed by atoms with Gasteiger partial charge in [0.05, 0.1) is 6.21 Å². The van der Waals surface area contributed by atoms with Crippen LogP contribution >= 0.6 is 0 Å². The van der Waals surface area contributed by atoms with Crippen molar-refractivity contribution in [1.82, 2.24) is 10.4 Å². The van der Waals surface area contributed by atoms with Crippen molar-refractivity contribution in [2.24, 2.45) is 5.10 Å². The summed E-state index contributed by atoms with van der Waals surface area (Å²) in [4.78, 5) is 15.6. The lowest BCUT2D eigenvalue weighted by molar-refractivity contribution is -0.123. The fourth-order valence-electron chi connectivity index (χ4n) is 1.86. The second kappa shape index (κ2) is 7.54. The molecular formula is C18H21N3O2. The Labute approximate surface area is 136 Å². The van der Waals surface area contributed by atoms with Gasteiger partial charge >= 0.3 is 0 Å². The SMILES string of the molecule is CC(C)(C)c1ccc(OCC(=O)NN=Cc2cccnc2)cc1. The Bertz CT molecular complexity index is 659. The number of rotatable bonds is 5. The first-order chi connectivity index (χ1) is 10.9. The standard InChI is InChI=1S/C18H21N3O2/c1-18(2,3)15-6-8-16(9-7-15)23-13-17(22)21-20-12-14-5-4-10-19-11-14/h4-12H,13H2,1-3H3,(H,21,22). The van der Waals surface area contributed by atoms with Gasteiger partial charge in [-0.15, -0.1) is 0 Å². The number of carbonyl (C=O) groups is 1. The van der Waals surface area contributed by atoms with Crippen LogP contribution in [0.4, 0.5) is 0 Å². The number of carbonyl (C=O) groups excluding carboxylic acids is 1. The predicted octanol–water partition coefficient (Wildman–Crippen LogP) is 2.91. The molecule has 1 N–H and O–H groups in total. The number of hydrogen-bond acceptors (Lipinski definition) is 4. The lowest BCUT2D eigenvalue weighted by Crippen LogP contribution is -2.24. The molecule has 0 fully saturated rings. The molecule has 0 atom stereocenters. The Morgan fingerprint density at radius 1 is 1.26 bits per heavy atom. The zero-order chi connectivity index (χ0) is 16.7. The Morgan fingerprint density at radius 2 is 2.00 bits per heavy atom. The van der Waals surface area contributed by atoms with Crippen LogP contribution in [0.5, 0.6) is 5.75 Å². The fraction of sp³-hybridized carbons (Fsp3) is 0.278. The average Bonchev–Trinajstić information content (AvgIpc) is 2.53. The van der Waals surface area contributed by atoms with Gasteiger partial charge in [-0.25, -0.2) is 5.43 Å². The fourth-order valence-corrected chi connectivity index (χ4v) is 1.86. The largest absolute Gasteiger partial charge is 0.484 e. The number of amides is 1. The molecule has 0 saturated heterocycles. The van der Waals surface area contributed by atoms with Crippen LogP contribution in [0, 0.1) is 0 Å². The maximum atomic E-state index is 11.7. The summed E-state index contributed by atoms with van der Waals surface area (Å²) in [5.74, 6) is 0.342. The molecule has 1 aromatic heterocycles. The monoisotopic (exact) mass is 311 g/mol. The number of nitrogens with one attached hydrogen (secondary N) is 1. The Balaban J connectivity index is 1.79. The molecule has 5 nitrogen and oxygen atoms in total. The van der Waals surface area contributed by atoms with Crippen molar-refractivity contribution >= 4 is 12.1 Å². The summed E-state index contributed by atoms with van der Waals surface area (Å²) >= 11 is 0. The normalized spacial score (nSPS) is 11.4. The highest BCUT2D eigenvalue weighted by molar-refractivity contribution is 5.82. The van der Waals surface area contributed by atoms with Crippen LogP contribution in [0.1, 0.15) is 31.9 Å². The molecule has 0 aliphatic carbocycles. The van der Waals surface area contributed by atoms with Crippen molar-refractivity contribution in [1.29, 1.82) is 0 Å². The lowest BCUT2D eigenvalue weighted by Gasteiger charge is -2.19. The zero-order valence-electron chi connectivity index (χ0n) is 13.6. The Morgan fingerprint density at radius 3 is 2.61 bits per heavy atom. The van der Waals surface area contributed by atoms with E-state index in [-0.39, 0.29) is 17.9 Å². The van der Waals surface area contributed by atoms with Crippen LogP contribution in [0.2, 0.25) is 0 Å². The molecule has 120 valence electrons. The zero-order valence-corrected chi connectivity index (χ0v) is 13.6. The molecule has 0 radical (unpaired) electrons. The lowest BCUT2D eigenvalue weighted by atomic mass is 9.87. The third-order valence-corrected chi connectivity index (χ3v) is 3.18. The van der Waals surface area contributed by atoms with E-state index in [1.54, 1.807) is 18.5 Å². The molecule has 0 spiro atoms. The molecule has 1 amide bonds. The van der Waals surface area contributed by atoms with Crippen LogP contribution < -0.4 is 10.2 Å². The van der Waals surface area contributed by atoms with Crippen LogP contribution in [0.25, 0.3) is 0 Å². The summed E-state index contributed by atoms with van der Waals surface area (Å²) in [6.45, 7) is 6.36. The van der Waals surface area contributed by atoms with Crippen LogP contribution in [0.15, 0.2) is 53.9 Å². The van der Waals surface area contributed by atoms with Gasteiger partial charge in [-0.1, -0.05) is 39.0 Å². The van der Waals surface area contributed by atoms with Crippen LogP contribution in [0.3, 0.4) is 0 Å². The van der Waals surface area contributed by atoms with E-state index in [1.807, 2.05) is 30.3 Å². The number of hydrogen-bond donors (Lipinski definition) is 1. The highest BCUT2D eigenvalue weighted by Crippen LogP contribution is 2.24. The maximum Gasteiger partial charge on any atom is 0.277 e. The first-order valence-corrected chi connectivity index (χ1v) is 7.40. The van der Waals surface area contributed by atoms with Gasteiger partial charge in [0.25, 0.3) is 5.91 Å². The van der Waals surface area contributed by atoms with Gasteiger partial charge in [0, 0.05) is 18.0 Å². The van der Waals surface area contributed by atoms with Crippen LogP contribution in [-0.2, 0) is 10.2 Å². The minimum Gasteiger partial charge on any atom is -0.484 e. The number of ether oxygens (including phenoxy) is 1. The number of pyridine rings is 1. The van der Waals surface area contributed by atoms with Gasteiger partial charge in [-0.2, -0.15) is 5.10 Å². The van der Waals surface area contributed by atoms with E-state index >= 15 is 0 Å². The second-order valence-electron chi connectivity index (χ2n) is 6.14. The first kappa shape index (κ1) is 16.7. The van der Waals surface area contributed by atoms with E-state index in [0.717, 1.165) is 5.56 Å². The van der Waals surface area contributed by atoms with Crippen molar-refractivity contribution in [2.75, 3.05) is 6.61 Å². The van der Waals surface area contributed by atoms with Crippen molar-refractivity contribution < 1.29 is 9.53 Å². The number of nitrogens with zero attached hydrogens (tertiary/aromatic N) is 2. The molecule has 0 bridgehead atoms. The minimum absolute atomic E-state index is 0.0841. The van der Waals surface area contributed by atoms with E-state index < -0.39 is 0 Å². The van der Waals surface area contributed by atoms with Gasteiger partial charge in [-0.3, -0.25) is 9.78 Å². The summed E-state index contributed by atoms with van der Waals surface area (Å²) in [6, 6.07) is 11.4. The molecule has 5 heteroatoms. The van der Waals surface area contributed by atoms with E-state index in [0.29, 0.717) is 5.75 Å². The first-order valence-electron chi connectivity index (χ1n) is 7.40. The number of hydrazone groups is 1. The molecule has 2 rings (SSSR count).